The molecule has 0 unspecified atom stereocenters. The number of amides is 1. The number of carbonyl (C=O) groups is 1. The lowest BCUT2D eigenvalue weighted by atomic mass is 9.44. The first kappa shape index (κ1) is 21.8. The molecule has 170 valence electrons. The minimum Gasteiger partial charge on any atom is -0.334 e. The van der Waals surface area contributed by atoms with Crippen molar-refractivity contribution in [2.24, 2.45) is 11.3 Å². The fraction of sp³-hybridized carbons (Fsp3) is 0.458. The molecule has 2 aromatic carbocycles. The molecular formula is C24H24F4N2OS. The summed E-state index contributed by atoms with van der Waals surface area (Å²) in [6.07, 6.45) is 3.17. The summed E-state index contributed by atoms with van der Waals surface area (Å²) in [5, 5.41) is 0. The molecule has 1 amide bonds. The number of benzene rings is 2. The van der Waals surface area contributed by atoms with Crippen LogP contribution in [0.15, 0.2) is 36.4 Å². The summed E-state index contributed by atoms with van der Waals surface area (Å²) in [4.78, 5) is 14.9. The Labute approximate surface area is 188 Å². The smallest absolute Gasteiger partial charge is 0.229 e. The molecule has 2 aromatic rings. The molecule has 1 aliphatic heterocycles. The summed E-state index contributed by atoms with van der Waals surface area (Å²) in [6.45, 7) is -0.0199. The van der Waals surface area contributed by atoms with Crippen molar-refractivity contribution in [1.82, 2.24) is 9.62 Å². The number of likely N-dealkylation sites (tertiary alicyclic amines) is 1. The number of rotatable bonds is 6. The number of nitrogens with one attached hydrogen (secondary N) is 1. The van der Waals surface area contributed by atoms with E-state index in [1.54, 1.807) is 23.3 Å². The van der Waals surface area contributed by atoms with Crippen molar-refractivity contribution in [1.29, 1.82) is 0 Å². The second-order valence-electron chi connectivity index (χ2n) is 9.23. The van der Waals surface area contributed by atoms with Gasteiger partial charge in [0.25, 0.3) is 0 Å². The van der Waals surface area contributed by atoms with Crippen molar-refractivity contribution in [3.63, 3.8) is 0 Å². The molecule has 0 spiro atoms. The number of alkyl halides is 1. The molecular weight excluding hydrogens is 440 g/mol. The standard InChI is InChI=1S/C24H24F4N2OS/c1-32-29-22-18(26)12-30(23(31)24-9-13(10-24)11-24)19(22)8-14-4-2-5-15(20(14)27)16-6-3-7-17(25)21(16)28/h2-7,13,18-19,22,29H,8-12H2,1H3/t13?,18-,19-,22-,24?/m0/s1. The van der Waals surface area contributed by atoms with Gasteiger partial charge in [0.2, 0.25) is 5.91 Å². The Kier molecular flexibility index (Phi) is 5.48. The third-order valence-corrected chi connectivity index (χ3v) is 7.84. The Morgan fingerprint density at radius 1 is 1.09 bits per heavy atom. The van der Waals surface area contributed by atoms with E-state index in [-0.39, 0.29) is 41.0 Å². The van der Waals surface area contributed by atoms with E-state index in [1.165, 1.54) is 30.1 Å². The highest BCUT2D eigenvalue weighted by Crippen LogP contribution is 2.65. The molecule has 0 aromatic heterocycles. The van der Waals surface area contributed by atoms with Crippen molar-refractivity contribution < 1.29 is 22.4 Å². The van der Waals surface area contributed by atoms with E-state index in [4.69, 9.17) is 0 Å². The third-order valence-electron chi connectivity index (χ3n) is 7.33. The number of hydrogen-bond donors (Lipinski definition) is 1. The van der Waals surface area contributed by atoms with E-state index in [2.05, 4.69) is 4.72 Å². The first-order valence-electron chi connectivity index (χ1n) is 10.8. The highest BCUT2D eigenvalue weighted by Gasteiger charge is 2.64. The summed E-state index contributed by atoms with van der Waals surface area (Å²) in [6, 6.07) is 6.94. The lowest BCUT2D eigenvalue weighted by molar-refractivity contribution is -0.178. The topological polar surface area (TPSA) is 32.3 Å². The lowest BCUT2D eigenvalue weighted by Crippen LogP contribution is -2.62. The molecule has 3 aliphatic carbocycles. The number of halogens is 4. The van der Waals surface area contributed by atoms with E-state index < -0.39 is 35.7 Å². The van der Waals surface area contributed by atoms with Gasteiger partial charge in [-0.1, -0.05) is 42.3 Å². The van der Waals surface area contributed by atoms with Crippen molar-refractivity contribution in [3.8, 4) is 11.1 Å². The van der Waals surface area contributed by atoms with Gasteiger partial charge in [0.05, 0.1) is 24.0 Å². The van der Waals surface area contributed by atoms with Crippen LogP contribution in [-0.2, 0) is 11.2 Å². The maximum atomic E-state index is 15.5. The molecule has 1 saturated heterocycles. The van der Waals surface area contributed by atoms with Crippen LogP contribution >= 0.6 is 11.9 Å². The van der Waals surface area contributed by atoms with Gasteiger partial charge >= 0.3 is 0 Å². The fourth-order valence-corrected chi connectivity index (χ4v) is 6.14. The van der Waals surface area contributed by atoms with Gasteiger partial charge in [-0.15, -0.1) is 0 Å². The van der Waals surface area contributed by atoms with Gasteiger partial charge < -0.3 is 4.90 Å². The molecule has 6 rings (SSSR count). The third kappa shape index (κ3) is 3.34. The van der Waals surface area contributed by atoms with Gasteiger partial charge in [0.15, 0.2) is 11.6 Å². The van der Waals surface area contributed by atoms with Gasteiger partial charge in [0, 0.05) is 11.1 Å². The Morgan fingerprint density at radius 2 is 1.75 bits per heavy atom. The quantitative estimate of drug-likeness (QED) is 0.488. The molecule has 32 heavy (non-hydrogen) atoms. The van der Waals surface area contributed by atoms with Gasteiger partial charge in [-0.25, -0.2) is 17.6 Å². The van der Waals surface area contributed by atoms with Crippen LogP contribution in [0.1, 0.15) is 24.8 Å². The van der Waals surface area contributed by atoms with Crippen LogP contribution < -0.4 is 4.72 Å². The SMILES string of the molecule is CSN[C@H]1[C@@H](F)CN(C(=O)C23CC(C2)C3)[C@H]1Cc1cccc(-c2cccc(F)c2F)c1F. The number of hydrogen-bond acceptors (Lipinski definition) is 3. The van der Waals surface area contributed by atoms with Crippen LogP contribution in [0, 0.1) is 28.8 Å². The first-order chi connectivity index (χ1) is 15.3. The highest BCUT2D eigenvalue weighted by molar-refractivity contribution is 7.96. The molecule has 4 aliphatic rings. The summed E-state index contributed by atoms with van der Waals surface area (Å²) in [5.41, 5.74) is -0.337. The van der Waals surface area contributed by atoms with E-state index >= 15 is 4.39 Å². The normalized spacial score (nSPS) is 30.7. The summed E-state index contributed by atoms with van der Waals surface area (Å²) in [7, 11) is 0. The number of nitrogens with zero attached hydrogens (tertiary/aromatic N) is 1. The van der Waals surface area contributed by atoms with E-state index in [0.29, 0.717) is 5.92 Å². The van der Waals surface area contributed by atoms with Crippen LogP contribution in [0.4, 0.5) is 17.6 Å². The maximum Gasteiger partial charge on any atom is 0.229 e. The second kappa shape index (κ2) is 8.06. The van der Waals surface area contributed by atoms with Crippen LogP contribution in [0.3, 0.4) is 0 Å². The van der Waals surface area contributed by atoms with Crippen molar-refractivity contribution >= 4 is 17.9 Å². The molecule has 2 bridgehead atoms. The minimum absolute atomic E-state index is 0.0199. The van der Waals surface area contributed by atoms with E-state index in [0.717, 1.165) is 25.3 Å². The molecule has 3 saturated carbocycles. The van der Waals surface area contributed by atoms with Crippen molar-refractivity contribution in [2.75, 3.05) is 12.8 Å². The Balaban J connectivity index is 1.47. The molecule has 1 N–H and O–H groups in total. The molecule has 0 radical (unpaired) electrons. The molecule has 4 fully saturated rings. The fourth-order valence-electron chi connectivity index (χ4n) is 5.56. The van der Waals surface area contributed by atoms with Crippen LogP contribution in [0.2, 0.25) is 0 Å². The summed E-state index contributed by atoms with van der Waals surface area (Å²) in [5.74, 6) is -2.28. The van der Waals surface area contributed by atoms with Crippen molar-refractivity contribution in [2.45, 2.75) is 43.9 Å². The average molecular weight is 465 g/mol. The largest absolute Gasteiger partial charge is 0.334 e. The van der Waals surface area contributed by atoms with Crippen molar-refractivity contribution in [3.05, 3.63) is 59.4 Å². The Hall–Kier alpha value is -2.06. The van der Waals surface area contributed by atoms with Gasteiger partial charge in [-0.2, -0.15) is 0 Å². The van der Waals surface area contributed by atoms with Crippen LogP contribution in [-0.4, -0.2) is 41.9 Å². The van der Waals surface area contributed by atoms with Crippen LogP contribution in [0.5, 0.6) is 0 Å². The zero-order valence-electron chi connectivity index (χ0n) is 17.6. The van der Waals surface area contributed by atoms with Gasteiger partial charge in [-0.3, -0.25) is 9.52 Å². The first-order valence-corrected chi connectivity index (χ1v) is 12.0. The van der Waals surface area contributed by atoms with E-state index in [1.807, 2.05) is 0 Å². The predicted molar refractivity (Wildman–Crippen MR) is 116 cm³/mol. The zero-order chi connectivity index (χ0) is 22.6. The van der Waals surface area contributed by atoms with Crippen LogP contribution in [0.25, 0.3) is 11.1 Å². The van der Waals surface area contributed by atoms with E-state index in [9.17, 15) is 18.0 Å². The molecule has 3 atom stereocenters. The highest BCUT2D eigenvalue weighted by atomic mass is 32.2. The maximum absolute atomic E-state index is 15.5. The van der Waals surface area contributed by atoms with Gasteiger partial charge in [-0.05, 0) is 49.5 Å². The predicted octanol–water partition coefficient (Wildman–Crippen LogP) is 4.90. The average Bonchev–Trinajstić information content (AvgIpc) is 3.00. The Bertz CT molecular complexity index is 1050. The summed E-state index contributed by atoms with van der Waals surface area (Å²) >= 11 is 1.26. The monoisotopic (exact) mass is 464 g/mol. The molecule has 8 heteroatoms. The minimum atomic E-state index is -1.27. The molecule has 3 nitrogen and oxygen atoms in total. The molecule has 1 heterocycles. The zero-order valence-corrected chi connectivity index (χ0v) is 18.4. The summed E-state index contributed by atoms with van der Waals surface area (Å²) < 4.78 is 61.5. The number of carbonyl (C=O) groups excluding carboxylic acids is 1. The lowest BCUT2D eigenvalue weighted by Gasteiger charge is -2.61. The Morgan fingerprint density at radius 3 is 2.38 bits per heavy atom. The van der Waals surface area contributed by atoms with Gasteiger partial charge in [0.1, 0.15) is 12.0 Å². The second-order valence-corrected chi connectivity index (χ2v) is 9.88.